The Morgan fingerprint density at radius 1 is 1.36 bits per heavy atom. The highest BCUT2D eigenvalue weighted by Crippen LogP contribution is 2.19. The Hall–Kier alpha value is -2.12. The smallest absolute Gasteiger partial charge is 0.328 e. The van der Waals surface area contributed by atoms with E-state index in [1.807, 2.05) is 0 Å². The molecule has 8 heteroatoms. The van der Waals surface area contributed by atoms with E-state index in [1.165, 1.54) is 18.9 Å². The number of esters is 1. The molecule has 0 bridgehead atoms. The van der Waals surface area contributed by atoms with Crippen molar-refractivity contribution < 1.29 is 24.2 Å². The lowest BCUT2D eigenvalue weighted by Crippen LogP contribution is -2.51. The summed E-state index contributed by atoms with van der Waals surface area (Å²) in [5.41, 5.74) is 0.801. The van der Waals surface area contributed by atoms with E-state index in [-0.39, 0.29) is 25.3 Å². The van der Waals surface area contributed by atoms with Crippen LogP contribution < -0.4 is 5.32 Å². The summed E-state index contributed by atoms with van der Waals surface area (Å²) in [6, 6.07) is 5.20. The maximum Gasteiger partial charge on any atom is 0.328 e. The Balaban J connectivity index is 2.10. The minimum Gasteiger partial charge on any atom is -0.467 e. The topological polar surface area (TPSA) is 95.9 Å². The van der Waals surface area contributed by atoms with Crippen LogP contribution >= 0.6 is 11.6 Å². The zero-order valence-electron chi connectivity index (χ0n) is 14.1. The predicted octanol–water partition coefficient (Wildman–Crippen LogP) is 0.522. The minimum atomic E-state index is -0.898. The molecule has 1 fully saturated rings. The van der Waals surface area contributed by atoms with Gasteiger partial charge in [-0.15, -0.1) is 0 Å². The number of likely N-dealkylation sites (tertiary alicyclic amines) is 1. The fourth-order valence-electron chi connectivity index (χ4n) is 2.87. The fraction of sp³-hybridized carbons (Fsp3) is 0.471. The van der Waals surface area contributed by atoms with E-state index >= 15 is 0 Å². The first kappa shape index (κ1) is 19.2. The summed E-state index contributed by atoms with van der Waals surface area (Å²) in [6.07, 6.45) is -0.391. The number of nitrogens with one attached hydrogen (secondary N) is 1. The number of aliphatic hydroxyl groups excluding tert-OH is 1. The Labute approximate surface area is 150 Å². The molecule has 0 unspecified atom stereocenters. The molecule has 3 atom stereocenters. The molecule has 1 aliphatic heterocycles. The average molecular weight is 369 g/mol. The highest BCUT2D eigenvalue weighted by Gasteiger charge is 2.38. The van der Waals surface area contributed by atoms with Crippen molar-refractivity contribution in [3.8, 4) is 0 Å². The minimum absolute atomic E-state index is 0.105. The number of halogens is 1. The SMILES string of the molecule is COC(=O)[C@H](Cc1ccc(Cl)cc1)NC(=O)[C@@H]1C[C@@H](O)CN1C(C)=O. The van der Waals surface area contributed by atoms with Gasteiger partial charge in [0.1, 0.15) is 12.1 Å². The third-order valence-corrected chi connectivity index (χ3v) is 4.39. The van der Waals surface area contributed by atoms with Gasteiger partial charge in [-0.1, -0.05) is 23.7 Å². The number of nitrogens with zero attached hydrogens (tertiary/aromatic N) is 1. The van der Waals surface area contributed by atoms with Crippen LogP contribution in [0, 0.1) is 0 Å². The Morgan fingerprint density at radius 3 is 2.56 bits per heavy atom. The van der Waals surface area contributed by atoms with Crippen LogP contribution in [-0.2, 0) is 25.5 Å². The van der Waals surface area contributed by atoms with Crippen LogP contribution in [0.2, 0.25) is 5.02 Å². The molecule has 2 amide bonds. The summed E-state index contributed by atoms with van der Waals surface area (Å²) in [5.74, 6) is -1.38. The number of hydrogen-bond donors (Lipinski definition) is 2. The number of ether oxygens (including phenoxy) is 1. The van der Waals surface area contributed by atoms with Crippen molar-refractivity contribution in [3.63, 3.8) is 0 Å². The van der Waals surface area contributed by atoms with Crippen molar-refractivity contribution in [1.29, 1.82) is 0 Å². The number of amides is 2. The van der Waals surface area contributed by atoms with Gasteiger partial charge in [-0.2, -0.15) is 0 Å². The van der Waals surface area contributed by atoms with Crippen molar-refractivity contribution in [2.45, 2.75) is 38.0 Å². The zero-order valence-corrected chi connectivity index (χ0v) is 14.8. The zero-order chi connectivity index (χ0) is 18.6. The third-order valence-electron chi connectivity index (χ3n) is 4.14. The van der Waals surface area contributed by atoms with Crippen molar-refractivity contribution >= 4 is 29.4 Å². The summed E-state index contributed by atoms with van der Waals surface area (Å²) >= 11 is 5.85. The quantitative estimate of drug-likeness (QED) is 0.739. The molecule has 0 aliphatic carbocycles. The molecule has 2 rings (SSSR count). The van der Waals surface area contributed by atoms with E-state index in [4.69, 9.17) is 16.3 Å². The van der Waals surface area contributed by atoms with Crippen molar-refractivity contribution in [1.82, 2.24) is 10.2 Å². The molecule has 1 aliphatic rings. The molecule has 7 nitrogen and oxygen atoms in total. The van der Waals surface area contributed by atoms with Gasteiger partial charge in [0.05, 0.1) is 13.2 Å². The van der Waals surface area contributed by atoms with Gasteiger partial charge in [0.25, 0.3) is 0 Å². The van der Waals surface area contributed by atoms with Gasteiger partial charge in [0, 0.05) is 31.3 Å². The van der Waals surface area contributed by atoms with E-state index in [1.54, 1.807) is 24.3 Å². The van der Waals surface area contributed by atoms with Crippen LogP contribution in [0.1, 0.15) is 18.9 Å². The molecule has 2 N–H and O–H groups in total. The molecule has 0 spiro atoms. The molecule has 1 aromatic rings. The van der Waals surface area contributed by atoms with Crippen molar-refractivity contribution in [2.75, 3.05) is 13.7 Å². The van der Waals surface area contributed by atoms with Crippen LogP contribution in [-0.4, -0.2) is 59.6 Å². The summed E-state index contributed by atoms with van der Waals surface area (Å²) in [7, 11) is 1.24. The molecule has 1 saturated heterocycles. The first-order chi connectivity index (χ1) is 11.8. The molecular formula is C17H21ClN2O5. The largest absolute Gasteiger partial charge is 0.467 e. The van der Waals surface area contributed by atoms with E-state index in [9.17, 15) is 19.5 Å². The molecule has 0 saturated carbocycles. The van der Waals surface area contributed by atoms with E-state index < -0.39 is 30.1 Å². The van der Waals surface area contributed by atoms with E-state index in [0.717, 1.165) is 5.56 Å². The van der Waals surface area contributed by atoms with E-state index in [2.05, 4.69) is 5.32 Å². The summed E-state index contributed by atoms with van der Waals surface area (Å²) < 4.78 is 4.76. The second-order valence-electron chi connectivity index (χ2n) is 5.99. The van der Waals surface area contributed by atoms with E-state index in [0.29, 0.717) is 5.02 Å². The Bertz CT molecular complexity index is 649. The lowest BCUT2D eigenvalue weighted by Gasteiger charge is -2.24. The van der Waals surface area contributed by atoms with Crippen LogP contribution in [0.3, 0.4) is 0 Å². The van der Waals surface area contributed by atoms with Crippen LogP contribution in [0.15, 0.2) is 24.3 Å². The Morgan fingerprint density at radius 2 is 2.00 bits per heavy atom. The molecule has 0 radical (unpaired) electrons. The Kier molecular flexibility index (Phi) is 6.39. The second kappa shape index (κ2) is 8.31. The molecule has 136 valence electrons. The predicted molar refractivity (Wildman–Crippen MR) is 90.9 cm³/mol. The number of rotatable bonds is 5. The van der Waals surface area contributed by atoms with Gasteiger partial charge in [-0.05, 0) is 17.7 Å². The van der Waals surface area contributed by atoms with Gasteiger partial charge in [0.2, 0.25) is 11.8 Å². The monoisotopic (exact) mass is 368 g/mol. The van der Waals surface area contributed by atoms with Gasteiger partial charge in [0.15, 0.2) is 0 Å². The number of carbonyl (C=O) groups excluding carboxylic acids is 3. The number of aliphatic hydroxyl groups is 1. The van der Waals surface area contributed by atoms with Gasteiger partial charge >= 0.3 is 5.97 Å². The lowest BCUT2D eigenvalue weighted by atomic mass is 10.0. The van der Waals surface area contributed by atoms with Crippen LogP contribution in [0.4, 0.5) is 0 Å². The second-order valence-corrected chi connectivity index (χ2v) is 6.43. The highest BCUT2D eigenvalue weighted by atomic mass is 35.5. The first-order valence-corrected chi connectivity index (χ1v) is 8.27. The van der Waals surface area contributed by atoms with Crippen LogP contribution in [0.5, 0.6) is 0 Å². The normalized spacial score (nSPS) is 20.9. The van der Waals surface area contributed by atoms with Gasteiger partial charge in [-0.25, -0.2) is 4.79 Å². The molecule has 25 heavy (non-hydrogen) atoms. The fourth-order valence-corrected chi connectivity index (χ4v) is 3.00. The molecule has 1 heterocycles. The lowest BCUT2D eigenvalue weighted by molar-refractivity contribution is -0.146. The molecule has 0 aromatic heterocycles. The molecular weight excluding hydrogens is 348 g/mol. The van der Waals surface area contributed by atoms with Gasteiger partial charge < -0.3 is 20.1 Å². The number of benzene rings is 1. The summed E-state index contributed by atoms with van der Waals surface area (Å²) in [4.78, 5) is 37.5. The summed E-state index contributed by atoms with van der Waals surface area (Å²) in [5, 5.41) is 12.9. The number of methoxy groups -OCH3 is 1. The number of β-amino-alcohol motifs (C(OH)–C–C–N with tert-alkyl or cyclic N) is 1. The maximum absolute atomic E-state index is 12.5. The molecule has 1 aromatic carbocycles. The third kappa shape index (κ3) is 4.93. The number of carbonyl (C=O) groups is 3. The number of hydrogen-bond acceptors (Lipinski definition) is 5. The maximum atomic E-state index is 12.5. The average Bonchev–Trinajstić information content (AvgIpc) is 2.97. The first-order valence-electron chi connectivity index (χ1n) is 7.89. The van der Waals surface area contributed by atoms with Crippen molar-refractivity contribution in [2.24, 2.45) is 0 Å². The summed E-state index contributed by atoms with van der Waals surface area (Å²) in [6.45, 7) is 1.44. The van der Waals surface area contributed by atoms with Crippen LogP contribution in [0.25, 0.3) is 0 Å². The standard InChI is InChI=1S/C17H21ClN2O5/c1-10(21)20-9-13(22)8-15(20)16(23)19-14(17(24)25-2)7-11-3-5-12(18)6-4-11/h3-6,13-15,22H,7-9H2,1-2H3,(H,19,23)/t13-,14+,15+/m1/s1. The highest BCUT2D eigenvalue weighted by molar-refractivity contribution is 6.30. The van der Waals surface area contributed by atoms with Gasteiger partial charge in [-0.3, -0.25) is 9.59 Å². The van der Waals surface area contributed by atoms with Crippen molar-refractivity contribution in [3.05, 3.63) is 34.9 Å².